The largest absolute Gasteiger partial charge is 0.372 e. The van der Waals surface area contributed by atoms with E-state index in [9.17, 15) is 0 Å². The maximum Gasteiger partial charge on any atom is 0.138 e. The molecule has 1 unspecified atom stereocenters. The Morgan fingerprint density at radius 3 is 3.00 bits per heavy atom. The molecule has 2 rings (SSSR count). The number of hydrogen-bond acceptors (Lipinski definition) is 4. The summed E-state index contributed by atoms with van der Waals surface area (Å²) in [4.78, 5) is 11.0. The summed E-state index contributed by atoms with van der Waals surface area (Å²) in [5.74, 6) is 1.68. The van der Waals surface area contributed by atoms with Gasteiger partial charge in [0.15, 0.2) is 0 Å². The Balaban J connectivity index is 2.16. The van der Waals surface area contributed by atoms with Crippen molar-refractivity contribution in [3.05, 3.63) is 29.2 Å². The zero-order valence-electron chi connectivity index (χ0n) is 11.5. The van der Waals surface area contributed by atoms with Gasteiger partial charge in [-0.25, -0.2) is 9.97 Å². The standard InChI is InChI=1S/C14H20ClN3O/c1-4-8-19-11-6-7-18(9-11)14-12(5-2)13(15)16-10(3)17-14/h4,11H,1,5-9H2,2-3H3. The van der Waals surface area contributed by atoms with Crippen LogP contribution >= 0.6 is 11.6 Å². The summed E-state index contributed by atoms with van der Waals surface area (Å²) in [6, 6.07) is 0. The number of anilines is 1. The number of ether oxygens (including phenoxy) is 1. The van der Waals surface area contributed by atoms with Crippen LogP contribution in [0.25, 0.3) is 0 Å². The Kier molecular flexibility index (Phi) is 4.77. The Morgan fingerprint density at radius 1 is 1.53 bits per heavy atom. The molecule has 0 bridgehead atoms. The van der Waals surface area contributed by atoms with Crippen molar-refractivity contribution in [2.24, 2.45) is 0 Å². The second-order valence-corrected chi connectivity index (χ2v) is 5.05. The van der Waals surface area contributed by atoms with Gasteiger partial charge in [0, 0.05) is 18.7 Å². The minimum Gasteiger partial charge on any atom is -0.372 e. The minimum absolute atomic E-state index is 0.247. The summed E-state index contributed by atoms with van der Waals surface area (Å²) >= 11 is 6.21. The predicted molar refractivity (Wildman–Crippen MR) is 77.9 cm³/mol. The lowest BCUT2D eigenvalue weighted by molar-refractivity contribution is 0.0909. The second kappa shape index (κ2) is 6.35. The molecule has 0 aliphatic carbocycles. The molecule has 0 amide bonds. The third-order valence-electron chi connectivity index (χ3n) is 3.29. The van der Waals surface area contributed by atoms with Crippen molar-refractivity contribution >= 4 is 17.4 Å². The van der Waals surface area contributed by atoms with E-state index in [0.717, 1.165) is 37.3 Å². The van der Waals surface area contributed by atoms with Gasteiger partial charge in [0.2, 0.25) is 0 Å². The first-order chi connectivity index (χ1) is 9.15. The van der Waals surface area contributed by atoms with E-state index in [1.807, 2.05) is 6.92 Å². The first kappa shape index (κ1) is 14.3. The molecule has 0 spiro atoms. The van der Waals surface area contributed by atoms with Crippen molar-refractivity contribution in [1.29, 1.82) is 0 Å². The number of aryl methyl sites for hydroxylation is 1. The average molecular weight is 282 g/mol. The van der Waals surface area contributed by atoms with E-state index in [0.29, 0.717) is 17.6 Å². The van der Waals surface area contributed by atoms with Crippen LogP contribution in [0.2, 0.25) is 5.15 Å². The molecular formula is C14H20ClN3O. The van der Waals surface area contributed by atoms with Crippen LogP contribution in [-0.4, -0.2) is 35.8 Å². The highest BCUT2D eigenvalue weighted by atomic mass is 35.5. The number of rotatable bonds is 5. The molecule has 1 aromatic rings. The van der Waals surface area contributed by atoms with Crippen LogP contribution in [-0.2, 0) is 11.2 Å². The van der Waals surface area contributed by atoms with Crippen LogP contribution in [0.4, 0.5) is 5.82 Å². The molecule has 104 valence electrons. The molecule has 4 nitrogen and oxygen atoms in total. The lowest BCUT2D eigenvalue weighted by atomic mass is 10.2. The Hall–Kier alpha value is -1.13. The molecule has 0 saturated carbocycles. The predicted octanol–water partition coefficient (Wildman–Crippen LogP) is 2.78. The number of aromatic nitrogens is 2. The van der Waals surface area contributed by atoms with Gasteiger partial charge in [-0.05, 0) is 19.8 Å². The van der Waals surface area contributed by atoms with E-state index in [2.05, 4.69) is 28.4 Å². The van der Waals surface area contributed by atoms with E-state index in [-0.39, 0.29) is 6.10 Å². The molecule has 1 saturated heterocycles. The SMILES string of the molecule is C=CCOC1CCN(c2nc(C)nc(Cl)c2CC)C1. The smallest absolute Gasteiger partial charge is 0.138 e. The third kappa shape index (κ3) is 3.25. The van der Waals surface area contributed by atoms with Crippen LogP contribution < -0.4 is 4.90 Å². The molecule has 5 heteroatoms. The highest BCUT2D eigenvalue weighted by Gasteiger charge is 2.26. The summed E-state index contributed by atoms with van der Waals surface area (Å²) in [5, 5.41) is 0.570. The van der Waals surface area contributed by atoms with Crippen LogP contribution in [0.1, 0.15) is 24.7 Å². The van der Waals surface area contributed by atoms with E-state index >= 15 is 0 Å². The molecule has 1 fully saturated rings. The first-order valence-electron chi connectivity index (χ1n) is 6.66. The van der Waals surface area contributed by atoms with E-state index in [4.69, 9.17) is 16.3 Å². The molecule has 0 N–H and O–H groups in total. The zero-order valence-corrected chi connectivity index (χ0v) is 12.3. The van der Waals surface area contributed by atoms with Gasteiger partial charge in [0.05, 0.1) is 12.7 Å². The lowest BCUT2D eigenvalue weighted by Crippen LogP contribution is -2.25. The number of hydrogen-bond donors (Lipinski definition) is 0. The van der Waals surface area contributed by atoms with Gasteiger partial charge in [-0.15, -0.1) is 6.58 Å². The second-order valence-electron chi connectivity index (χ2n) is 4.70. The highest BCUT2D eigenvalue weighted by Crippen LogP contribution is 2.28. The summed E-state index contributed by atoms with van der Waals surface area (Å²) in [7, 11) is 0. The monoisotopic (exact) mass is 281 g/mol. The zero-order chi connectivity index (χ0) is 13.8. The molecule has 1 aliphatic rings. The van der Waals surface area contributed by atoms with Crippen molar-refractivity contribution in [2.75, 3.05) is 24.6 Å². The fourth-order valence-electron chi connectivity index (χ4n) is 2.37. The molecule has 19 heavy (non-hydrogen) atoms. The average Bonchev–Trinajstić information content (AvgIpc) is 2.84. The van der Waals surface area contributed by atoms with Crippen molar-refractivity contribution in [2.45, 2.75) is 32.8 Å². The summed E-state index contributed by atoms with van der Waals surface area (Å²) < 4.78 is 5.70. The van der Waals surface area contributed by atoms with Gasteiger partial charge in [0.1, 0.15) is 16.8 Å². The molecule has 2 heterocycles. The van der Waals surface area contributed by atoms with Gasteiger partial charge in [0.25, 0.3) is 0 Å². The van der Waals surface area contributed by atoms with Crippen molar-refractivity contribution in [3.63, 3.8) is 0 Å². The lowest BCUT2D eigenvalue weighted by Gasteiger charge is -2.21. The fraction of sp³-hybridized carbons (Fsp3) is 0.571. The normalized spacial score (nSPS) is 18.9. The number of nitrogens with zero attached hydrogens (tertiary/aromatic N) is 3. The van der Waals surface area contributed by atoms with Crippen LogP contribution in [0.5, 0.6) is 0 Å². The van der Waals surface area contributed by atoms with Crippen molar-refractivity contribution in [1.82, 2.24) is 9.97 Å². The highest BCUT2D eigenvalue weighted by molar-refractivity contribution is 6.30. The van der Waals surface area contributed by atoms with Crippen molar-refractivity contribution < 1.29 is 4.74 Å². The maximum absolute atomic E-state index is 6.21. The Labute approximate surface area is 119 Å². The summed E-state index contributed by atoms with van der Waals surface area (Å²) in [5.41, 5.74) is 1.02. The molecule has 0 aromatic carbocycles. The maximum atomic E-state index is 6.21. The van der Waals surface area contributed by atoms with E-state index < -0.39 is 0 Å². The Morgan fingerprint density at radius 2 is 2.32 bits per heavy atom. The summed E-state index contributed by atoms with van der Waals surface area (Å²) in [6.07, 6.45) is 3.88. The van der Waals surface area contributed by atoms with Gasteiger partial charge in [-0.3, -0.25) is 0 Å². The first-order valence-corrected chi connectivity index (χ1v) is 7.04. The number of halogens is 1. The van der Waals surface area contributed by atoms with Gasteiger partial charge in [-0.2, -0.15) is 0 Å². The minimum atomic E-state index is 0.247. The van der Waals surface area contributed by atoms with Gasteiger partial charge in [-0.1, -0.05) is 24.6 Å². The quantitative estimate of drug-likeness (QED) is 0.614. The molecule has 1 aromatic heterocycles. The van der Waals surface area contributed by atoms with Crippen LogP contribution in [0.3, 0.4) is 0 Å². The van der Waals surface area contributed by atoms with Gasteiger partial charge >= 0.3 is 0 Å². The molecular weight excluding hydrogens is 262 g/mol. The third-order valence-corrected chi connectivity index (χ3v) is 3.61. The molecule has 1 atom stereocenters. The Bertz CT molecular complexity index is 464. The van der Waals surface area contributed by atoms with Crippen LogP contribution in [0, 0.1) is 6.92 Å². The van der Waals surface area contributed by atoms with Gasteiger partial charge < -0.3 is 9.64 Å². The van der Waals surface area contributed by atoms with Crippen LogP contribution in [0.15, 0.2) is 12.7 Å². The topological polar surface area (TPSA) is 38.2 Å². The van der Waals surface area contributed by atoms with E-state index in [1.54, 1.807) is 6.08 Å². The molecule has 1 aliphatic heterocycles. The fourth-order valence-corrected chi connectivity index (χ4v) is 2.71. The van der Waals surface area contributed by atoms with Crippen molar-refractivity contribution in [3.8, 4) is 0 Å². The summed E-state index contributed by atoms with van der Waals surface area (Å²) in [6.45, 7) is 10.0. The van der Waals surface area contributed by atoms with E-state index in [1.165, 1.54) is 0 Å². The molecule has 0 radical (unpaired) electrons.